The van der Waals surface area contributed by atoms with Crippen LogP contribution in [0.4, 0.5) is 0 Å². The molecule has 0 radical (unpaired) electrons. The molecule has 0 aliphatic rings. The lowest BCUT2D eigenvalue weighted by molar-refractivity contribution is 0.187. The molecule has 2 N–H and O–H groups in total. The van der Waals surface area contributed by atoms with Crippen molar-refractivity contribution < 1.29 is 4.74 Å². The lowest BCUT2D eigenvalue weighted by atomic mass is 10.1. The van der Waals surface area contributed by atoms with Crippen molar-refractivity contribution >= 4 is 0 Å². The lowest BCUT2D eigenvalue weighted by Gasteiger charge is -2.10. The Morgan fingerprint density at radius 2 is 2.29 bits per heavy atom. The molecule has 0 amide bonds. The molecule has 0 spiro atoms. The smallest absolute Gasteiger partial charge is 0.0477 e. The van der Waals surface area contributed by atoms with Crippen LogP contribution in [0, 0.1) is 6.92 Å². The Morgan fingerprint density at radius 1 is 1.50 bits per heavy atom. The van der Waals surface area contributed by atoms with Gasteiger partial charge in [0.05, 0.1) is 0 Å². The summed E-state index contributed by atoms with van der Waals surface area (Å²) in [6.45, 7) is 2.74. The summed E-state index contributed by atoms with van der Waals surface area (Å²) in [7, 11) is 1.69. The Kier molecular flexibility index (Phi) is 4.56. The third-order valence-corrected chi connectivity index (χ3v) is 2.14. The number of rotatable bonds is 5. The zero-order valence-electron chi connectivity index (χ0n) is 8.86. The maximum absolute atomic E-state index is 5.91. The van der Waals surface area contributed by atoms with Crippen LogP contribution in [0.2, 0.25) is 0 Å². The van der Waals surface area contributed by atoms with Crippen LogP contribution in [-0.4, -0.2) is 24.7 Å². The molecule has 3 heteroatoms. The molecule has 78 valence electrons. The van der Waals surface area contributed by atoms with Crippen LogP contribution in [0.5, 0.6) is 0 Å². The van der Waals surface area contributed by atoms with E-state index in [0.29, 0.717) is 6.61 Å². The number of aromatic nitrogens is 1. The van der Waals surface area contributed by atoms with E-state index < -0.39 is 0 Å². The van der Waals surface area contributed by atoms with Gasteiger partial charge in [0.25, 0.3) is 0 Å². The third kappa shape index (κ3) is 3.85. The minimum atomic E-state index is 0.144. The molecule has 1 heterocycles. The monoisotopic (exact) mass is 194 g/mol. The summed E-state index contributed by atoms with van der Waals surface area (Å²) in [5.74, 6) is 0. The molecular formula is C11H18N2O. The highest BCUT2D eigenvalue weighted by molar-refractivity contribution is 5.12. The van der Waals surface area contributed by atoms with Crippen molar-refractivity contribution in [1.82, 2.24) is 4.98 Å². The Morgan fingerprint density at radius 3 is 2.86 bits per heavy atom. The SMILES string of the molecule is COCCC(N)Cc1ccc(C)cn1. The second kappa shape index (κ2) is 5.73. The molecular weight excluding hydrogens is 176 g/mol. The van der Waals surface area contributed by atoms with Gasteiger partial charge in [-0.05, 0) is 25.0 Å². The maximum Gasteiger partial charge on any atom is 0.0477 e. The van der Waals surface area contributed by atoms with Crippen LogP contribution >= 0.6 is 0 Å². The van der Waals surface area contributed by atoms with E-state index in [1.165, 1.54) is 5.56 Å². The van der Waals surface area contributed by atoms with Crippen LogP contribution < -0.4 is 5.73 Å². The molecule has 3 nitrogen and oxygen atoms in total. The highest BCUT2D eigenvalue weighted by Gasteiger charge is 2.04. The summed E-state index contributed by atoms with van der Waals surface area (Å²) in [6, 6.07) is 4.23. The van der Waals surface area contributed by atoms with Crippen molar-refractivity contribution in [2.45, 2.75) is 25.8 Å². The molecule has 1 rings (SSSR count). The second-order valence-corrected chi connectivity index (χ2v) is 3.57. The first-order chi connectivity index (χ1) is 6.72. The van der Waals surface area contributed by atoms with E-state index in [-0.39, 0.29) is 6.04 Å². The Hall–Kier alpha value is -0.930. The molecule has 0 saturated heterocycles. The van der Waals surface area contributed by atoms with Gasteiger partial charge in [-0.3, -0.25) is 4.98 Å². The van der Waals surface area contributed by atoms with Crippen LogP contribution in [0.3, 0.4) is 0 Å². The molecule has 1 aromatic heterocycles. The van der Waals surface area contributed by atoms with E-state index in [9.17, 15) is 0 Å². The minimum Gasteiger partial charge on any atom is -0.385 e. The number of methoxy groups -OCH3 is 1. The highest BCUT2D eigenvalue weighted by atomic mass is 16.5. The first kappa shape index (κ1) is 11.1. The Labute approximate surface area is 85.3 Å². The van der Waals surface area contributed by atoms with Crippen molar-refractivity contribution in [3.63, 3.8) is 0 Å². The quantitative estimate of drug-likeness (QED) is 0.768. The average Bonchev–Trinajstić information content (AvgIpc) is 2.18. The molecule has 0 fully saturated rings. The minimum absolute atomic E-state index is 0.144. The fraction of sp³-hybridized carbons (Fsp3) is 0.545. The Balaban J connectivity index is 2.39. The topological polar surface area (TPSA) is 48.1 Å². The highest BCUT2D eigenvalue weighted by Crippen LogP contribution is 2.03. The van der Waals surface area contributed by atoms with Gasteiger partial charge in [0.2, 0.25) is 0 Å². The summed E-state index contributed by atoms with van der Waals surface area (Å²) in [6.07, 6.45) is 3.58. The van der Waals surface area contributed by atoms with Crippen LogP contribution in [0.15, 0.2) is 18.3 Å². The first-order valence-corrected chi connectivity index (χ1v) is 4.88. The van der Waals surface area contributed by atoms with Crippen molar-refractivity contribution in [2.75, 3.05) is 13.7 Å². The molecule has 1 unspecified atom stereocenters. The van der Waals surface area contributed by atoms with E-state index in [2.05, 4.69) is 11.1 Å². The van der Waals surface area contributed by atoms with Crippen molar-refractivity contribution in [3.8, 4) is 0 Å². The zero-order valence-corrected chi connectivity index (χ0v) is 8.86. The molecule has 1 aromatic rings. The van der Waals surface area contributed by atoms with Gasteiger partial charge in [0.15, 0.2) is 0 Å². The number of nitrogens with zero attached hydrogens (tertiary/aromatic N) is 1. The number of aryl methyl sites for hydroxylation is 1. The first-order valence-electron chi connectivity index (χ1n) is 4.88. The van der Waals surface area contributed by atoms with Crippen LogP contribution in [0.1, 0.15) is 17.7 Å². The van der Waals surface area contributed by atoms with E-state index in [4.69, 9.17) is 10.5 Å². The van der Waals surface area contributed by atoms with Gasteiger partial charge >= 0.3 is 0 Å². The van der Waals surface area contributed by atoms with Gasteiger partial charge in [-0.2, -0.15) is 0 Å². The largest absolute Gasteiger partial charge is 0.385 e. The molecule has 1 atom stereocenters. The standard InChI is InChI=1S/C11H18N2O/c1-9-3-4-11(13-8-9)7-10(12)5-6-14-2/h3-4,8,10H,5-7,12H2,1-2H3. The average molecular weight is 194 g/mol. The van der Waals surface area contributed by atoms with Crippen LogP contribution in [-0.2, 0) is 11.2 Å². The van der Waals surface area contributed by atoms with Gasteiger partial charge in [-0.1, -0.05) is 6.07 Å². The molecule has 0 aliphatic carbocycles. The van der Waals surface area contributed by atoms with Crippen molar-refractivity contribution in [1.29, 1.82) is 0 Å². The fourth-order valence-corrected chi connectivity index (χ4v) is 1.26. The van der Waals surface area contributed by atoms with E-state index in [0.717, 1.165) is 18.5 Å². The summed E-state index contributed by atoms with van der Waals surface area (Å²) in [5.41, 5.74) is 8.14. The van der Waals surface area contributed by atoms with Gasteiger partial charge in [-0.25, -0.2) is 0 Å². The summed E-state index contributed by atoms with van der Waals surface area (Å²) >= 11 is 0. The number of pyridine rings is 1. The molecule has 0 saturated carbocycles. The summed E-state index contributed by atoms with van der Waals surface area (Å²) < 4.78 is 4.97. The molecule has 0 aliphatic heterocycles. The number of hydrogen-bond acceptors (Lipinski definition) is 3. The van der Waals surface area contributed by atoms with Crippen LogP contribution in [0.25, 0.3) is 0 Å². The molecule has 0 bridgehead atoms. The van der Waals surface area contributed by atoms with Crippen molar-refractivity contribution in [2.24, 2.45) is 5.73 Å². The van der Waals surface area contributed by atoms with E-state index >= 15 is 0 Å². The van der Waals surface area contributed by atoms with Gasteiger partial charge in [-0.15, -0.1) is 0 Å². The molecule has 14 heavy (non-hydrogen) atoms. The number of ether oxygens (including phenoxy) is 1. The predicted octanol–water partition coefficient (Wildman–Crippen LogP) is 1.30. The maximum atomic E-state index is 5.91. The predicted molar refractivity (Wildman–Crippen MR) is 57.1 cm³/mol. The fourth-order valence-electron chi connectivity index (χ4n) is 1.26. The number of nitrogens with two attached hydrogens (primary N) is 1. The van der Waals surface area contributed by atoms with E-state index in [1.54, 1.807) is 7.11 Å². The van der Waals surface area contributed by atoms with Gasteiger partial charge in [0, 0.05) is 38.1 Å². The normalized spacial score (nSPS) is 12.8. The zero-order chi connectivity index (χ0) is 10.4. The molecule has 0 aromatic carbocycles. The summed E-state index contributed by atoms with van der Waals surface area (Å²) in [4.78, 5) is 4.31. The van der Waals surface area contributed by atoms with Crippen molar-refractivity contribution in [3.05, 3.63) is 29.6 Å². The Bertz CT molecular complexity index is 258. The third-order valence-electron chi connectivity index (χ3n) is 2.14. The summed E-state index contributed by atoms with van der Waals surface area (Å²) in [5, 5.41) is 0. The van der Waals surface area contributed by atoms with E-state index in [1.807, 2.05) is 19.2 Å². The van der Waals surface area contributed by atoms with Gasteiger partial charge < -0.3 is 10.5 Å². The van der Waals surface area contributed by atoms with Gasteiger partial charge in [0.1, 0.15) is 0 Å². The second-order valence-electron chi connectivity index (χ2n) is 3.57. The lowest BCUT2D eigenvalue weighted by Crippen LogP contribution is -2.24. The number of hydrogen-bond donors (Lipinski definition) is 1.